The molecule has 1 aromatic rings. The zero-order valence-electron chi connectivity index (χ0n) is 9.69. The van der Waals surface area contributed by atoms with Crippen LogP contribution in [0.5, 0.6) is 11.5 Å². The highest BCUT2D eigenvalue weighted by molar-refractivity contribution is 5.79. The topological polar surface area (TPSA) is 55.8 Å². The molecule has 1 unspecified atom stereocenters. The minimum atomic E-state index is -0.994. The maximum Gasteiger partial charge on any atom is 0.349 e. The zero-order valence-corrected chi connectivity index (χ0v) is 9.69. The van der Waals surface area contributed by atoms with Gasteiger partial charge in [0.15, 0.2) is 0 Å². The van der Waals surface area contributed by atoms with Crippen LogP contribution in [0.15, 0.2) is 24.3 Å². The minimum Gasteiger partial charge on any atom is -0.508 e. The summed E-state index contributed by atoms with van der Waals surface area (Å²) in [6.45, 7) is 3.52. The van der Waals surface area contributed by atoms with Crippen molar-refractivity contribution in [3.8, 4) is 11.5 Å². The third-order valence-electron chi connectivity index (χ3n) is 2.47. The van der Waals surface area contributed by atoms with Crippen molar-refractivity contribution in [3.05, 3.63) is 24.3 Å². The lowest BCUT2D eigenvalue weighted by Gasteiger charge is -2.26. The molecule has 0 saturated heterocycles. The number of hydrogen-bond donors (Lipinski definition) is 1. The second-order valence-corrected chi connectivity index (χ2v) is 3.67. The van der Waals surface area contributed by atoms with Crippen LogP contribution in [-0.2, 0) is 9.53 Å². The largest absolute Gasteiger partial charge is 0.508 e. The molecule has 0 amide bonds. The first-order valence-electron chi connectivity index (χ1n) is 5.08. The lowest BCUT2D eigenvalue weighted by atomic mass is 10.0. The molecule has 1 N–H and O–H groups in total. The minimum absolute atomic E-state index is 0.156. The van der Waals surface area contributed by atoms with Crippen molar-refractivity contribution in [2.24, 2.45) is 0 Å². The lowest BCUT2D eigenvalue weighted by Crippen LogP contribution is -2.41. The molecule has 1 rings (SSSR count). The molecular formula is C12H16O4. The molecule has 16 heavy (non-hydrogen) atoms. The number of benzene rings is 1. The van der Waals surface area contributed by atoms with Crippen LogP contribution in [0.2, 0.25) is 0 Å². The van der Waals surface area contributed by atoms with Gasteiger partial charge in [0.05, 0.1) is 7.11 Å². The lowest BCUT2D eigenvalue weighted by molar-refractivity contribution is -0.157. The van der Waals surface area contributed by atoms with Crippen molar-refractivity contribution >= 4 is 5.97 Å². The Morgan fingerprint density at radius 1 is 1.38 bits per heavy atom. The average molecular weight is 224 g/mol. The van der Waals surface area contributed by atoms with E-state index in [0.29, 0.717) is 12.2 Å². The van der Waals surface area contributed by atoms with E-state index < -0.39 is 11.6 Å². The molecule has 0 fully saturated rings. The van der Waals surface area contributed by atoms with E-state index in [1.165, 1.54) is 19.2 Å². The number of hydrogen-bond acceptors (Lipinski definition) is 4. The van der Waals surface area contributed by atoms with Crippen LogP contribution in [0.3, 0.4) is 0 Å². The normalized spacial score (nSPS) is 13.9. The van der Waals surface area contributed by atoms with E-state index in [1.54, 1.807) is 19.1 Å². The van der Waals surface area contributed by atoms with Crippen LogP contribution in [0.1, 0.15) is 20.3 Å². The summed E-state index contributed by atoms with van der Waals surface area (Å²) >= 11 is 0. The van der Waals surface area contributed by atoms with Crippen molar-refractivity contribution in [2.45, 2.75) is 25.9 Å². The molecule has 0 bridgehead atoms. The van der Waals surface area contributed by atoms with Crippen molar-refractivity contribution in [1.82, 2.24) is 0 Å². The molecule has 1 atom stereocenters. The first-order chi connectivity index (χ1) is 7.51. The van der Waals surface area contributed by atoms with Crippen molar-refractivity contribution in [2.75, 3.05) is 7.11 Å². The molecule has 1 aromatic carbocycles. The monoisotopic (exact) mass is 224 g/mol. The van der Waals surface area contributed by atoms with Crippen LogP contribution in [0.25, 0.3) is 0 Å². The van der Waals surface area contributed by atoms with E-state index in [2.05, 4.69) is 4.74 Å². The van der Waals surface area contributed by atoms with Gasteiger partial charge in [0, 0.05) is 0 Å². The standard InChI is InChI=1S/C12H16O4/c1-4-12(2,11(14)15-3)16-10-7-5-9(13)6-8-10/h5-8,13H,4H2,1-3H3. The van der Waals surface area contributed by atoms with Gasteiger partial charge < -0.3 is 14.6 Å². The Labute approximate surface area is 94.8 Å². The summed E-state index contributed by atoms with van der Waals surface area (Å²) in [7, 11) is 1.33. The molecule has 0 heterocycles. The Morgan fingerprint density at radius 3 is 2.38 bits per heavy atom. The van der Waals surface area contributed by atoms with E-state index in [-0.39, 0.29) is 5.75 Å². The quantitative estimate of drug-likeness (QED) is 0.796. The van der Waals surface area contributed by atoms with Gasteiger partial charge in [-0.15, -0.1) is 0 Å². The van der Waals surface area contributed by atoms with Crippen molar-refractivity contribution in [1.29, 1.82) is 0 Å². The number of ether oxygens (including phenoxy) is 2. The van der Waals surface area contributed by atoms with Gasteiger partial charge in [0.25, 0.3) is 0 Å². The van der Waals surface area contributed by atoms with Gasteiger partial charge >= 0.3 is 5.97 Å². The van der Waals surface area contributed by atoms with Crippen molar-refractivity contribution < 1.29 is 19.4 Å². The molecule has 0 aliphatic carbocycles. The summed E-state index contributed by atoms with van der Waals surface area (Å²) < 4.78 is 10.3. The third kappa shape index (κ3) is 2.66. The second-order valence-electron chi connectivity index (χ2n) is 3.67. The fraction of sp³-hybridized carbons (Fsp3) is 0.417. The third-order valence-corrected chi connectivity index (χ3v) is 2.47. The molecule has 0 saturated carbocycles. The van der Waals surface area contributed by atoms with Crippen molar-refractivity contribution in [3.63, 3.8) is 0 Å². The average Bonchev–Trinajstić information content (AvgIpc) is 2.31. The highest BCUT2D eigenvalue weighted by atomic mass is 16.6. The number of carbonyl (C=O) groups excluding carboxylic acids is 1. The molecule has 0 aliphatic rings. The summed E-state index contributed by atoms with van der Waals surface area (Å²) in [5.41, 5.74) is -0.994. The Hall–Kier alpha value is -1.71. The predicted molar refractivity (Wildman–Crippen MR) is 59.4 cm³/mol. The predicted octanol–water partition coefficient (Wildman–Crippen LogP) is 2.11. The molecule has 88 valence electrons. The Bertz CT molecular complexity index is 358. The van der Waals surface area contributed by atoms with E-state index in [4.69, 9.17) is 9.84 Å². The molecular weight excluding hydrogens is 208 g/mol. The van der Waals surface area contributed by atoms with Gasteiger partial charge in [-0.25, -0.2) is 4.79 Å². The molecule has 0 aliphatic heterocycles. The number of aromatic hydroxyl groups is 1. The number of carbonyl (C=O) groups is 1. The molecule has 0 spiro atoms. The molecule has 0 aromatic heterocycles. The fourth-order valence-corrected chi connectivity index (χ4v) is 1.25. The zero-order chi connectivity index (χ0) is 12.2. The highest BCUT2D eigenvalue weighted by Crippen LogP contribution is 2.24. The smallest absolute Gasteiger partial charge is 0.349 e. The second kappa shape index (κ2) is 4.88. The highest BCUT2D eigenvalue weighted by Gasteiger charge is 2.34. The SMILES string of the molecule is CCC(C)(Oc1ccc(O)cc1)C(=O)OC. The van der Waals surface area contributed by atoms with Gasteiger partial charge in [-0.1, -0.05) is 6.92 Å². The van der Waals surface area contributed by atoms with E-state index >= 15 is 0 Å². The van der Waals surface area contributed by atoms with Gasteiger partial charge in [-0.3, -0.25) is 0 Å². The van der Waals surface area contributed by atoms with Gasteiger partial charge in [-0.05, 0) is 37.6 Å². The Balaban J connectivity index is 2.84. The fourth-order valence-electron chi connectivity index (χ4n) is 1.25. The van der Waals surface area contributed by atoms with Gasteiger partial charge in [-0.2, -0.15) is 0 Å². The summed E-state index contributed by atoms with van der Waals surface area (Å²) in [6, 6.07) is 6.21. The first kappa shape index (κ1) is 12.4. The van der Waals surface area contributed by atoms with Gasteiger partial charge in [0.1, 0.15) is 11.5 Å². The summed E-state index contributed by atoms with van der Waals surface area (Å²) in [4.78, 5) is 11.5. The van der Waals surface area contributed by atoms with E-state index in [9.17, 15) is 4.79 Å². The number of phenols is 1. The van der Waals surface area contributed by atoms with Crippen LogP contribution >= 0.6 is 0 Å². The number of rotatable bonds is 4. The van der Waals surface area contributed by atoms with E-state index in [0.717, 1.165) is 0 Å². The number of esters is 1. The summed E-state index contributed by atoms with van der Waals surface area (Å²) in [6.07, 6.45) is 0.501. The van der Waals surface area contributed by atoms with Gasteiger partial charge in [0.2, 0.25) is 5.60 Å². The van der Waals surface area contributed by atoms with Crippen LogP contribution in [-0.4, -0.2) is 23.8 Å². The molecule has 4 heteroatoms. The molecule has 4 nitrogen and oxygen atoms in total. The number of methoxy groups -OCH3 is 1. The van der Waals surface area contributed by atoms with Crippen LogP contribution < -0.4 is 4.74 Å². The van der Waals surface area contributed by atoms with Crippen LogP contribution in [0, 0.1) is 0 Å². The Kier molecular flexibility index (Phi) is 3.77. The first-order valence-corrected chi connectivity index (χ1v) is 5.08. The van der Waals surface area contributed by atoms with Crippen LogP contribution in [0.4, 0.5) is 0 Å². The number of phenolic OH excluding ortho intramolecular Hbond substituents is 1. The Morgan fingerprint density at radius 2 is 1.94 bits per heavy atom. The van der Waals surface area contributed by atoms with E-state index in [1.807, 2.05) is 6.92 Å². The maximum absolute atomic E-state index is 11.5. The summed E-state index contributed by atoms with van der Waals surface area (Å²) in [5, 5.41) is 9.12. The molecule has 0 radical (unpaired) electrons. The maximum atomic E-state index is 11.5. The summed E-state index contributed by atoms with van der Waals surface area (Å²) in [5.74, 6) is 0.263.